The fourth-order valence-corrected chi connectivity index (χ4v) is 3.67. The third kappa shape index (κ3) is 3.43. The standard InChI is InChI=1S/C21H21NO6/c1-21(14-5-3-2-4-12(14)6-9-16(21)24)11-10-17(25)22-18-15(23)8-7-13(19(18)26)20(27)28/h2-5,7-8,23,26H,6,9-11H2,1H3,(H,22,25)(H,27,28)/t21-/m1/s1. The van der Waals surface area contributed by atoms with Crippen LogP contribution in [0.2, 0.25) is 0 Å². The Morgan fingerprint density at radius 1 is 1.11 bits per heavy atom. The zero-order chi connectivity index (χ0) is 20.5. The minimum absolute atomic E-state index is 0.0350. The topological polar surface area (TPSA) is 124 Å². The Hall–Kier alpha value is -3.35. The minimum Gasteiger partial charge on any atom is -0.506 e. The maximum atomic E-state index is 12.6. The number of nitrogens with one attached hydrogen (secondary N) is 1. The summed E-state index contributed by atoms with van der Waals surface area (Å²) in [4.78, 5) is 36.1. The molecule has 1 atom stereocenters. The van der Waals surface area contributed by atoms with Gasteiger partial charge in [-0.05, 0) is 43.0 Å². The quantitative estimate of drug-likeness (QED) is 0.589. The van der Waals surface area contributed by atoms with Crippen LogP contribution in [0.4, 0.5) is 5.69 Å². The number of ketones is 1. The van der Waals surface area contributed by atoms with Crippen molar-refractivity contribution in [1.29, 1.82) is 0 Å². The van der Waals surface area contributed by atoms with Gasteiger partial charge < -0.3 is 20.6 Å². The molecule has 0 unspecified atom stereocenters. The first kappa shape index (κ1) is 19.4. The van der Waals surface area contributed by atoms with E-state index in [9.17, 15) is 24.6 Å². The molecule has 0 heterocycles. The van der Waals surface area contributed by atoms with Gasteiger partial charge in [0.05, 0.1) is 5.41 Å². The Labute approximate surface area is 161 Å². The molecule has 0 aliphatic heterocycles. The van der Waals surface area contributed by atoms with Gasteiger partial charge in [-0.15, -0.1) is 0 Å². The summed E-state index contributed by atoms with van der Waals surface area (Å²) < 4.78 is 0. The van der Waals surface area contributed by atoms with Crippen LogP contribution in [0.3, 0.4) is 0 Å². The van der Waals surface area contributed by atoms with Crippen LogP contribution in [0, 0.1) is 0 Å². The van der Waals surface area contributed by atoms with Gasteiger partial charge in [-0.2, -0.15) is 0 Å². The number of carboxylic acid groups (broad SMARTS) is 1. The normalized spacial score (nSPS) is 18.4. The van der Waals surface area contributed by atoms with Crippen LogP contribution in [0.1, 0.15) is 47.7 Å². The van der Waals surface area contributed by atoms with E-state index in [1.54, 1.807) is 0 Å². The second kappa shape index (κ2) is 7.34. The fraction of sp³-hybridized carbons (Fsp3) is 0.286. The van der Waals surface area contributed by atoms with Gasteiger partial charge in [-0.3, -0.25) is 9.59 Å². The SMILES string of the molecule is C[C@]1(CCC(=O)Nc2c(O)ccc(C(=O)O)c2O)C(=O)CCc2ccccc21. The summed E-state index contributed by atoms with van der Waals surface area (Å²) in [6.07, 6.45) is 1.32. The summed E-state index contributed by atoms with van der Waals surface area (Å²) in [5.41, 5.74) is 0.424. The number of anilines is 1. The first-order chi connectivity index (χ1) is 13.2. The van der Waals surface area contributed by atoms with Crippen molar-refractivity contribution in [1.82, 2.24) is 0 Å². The average molecular weight is 383 g/mol. The molecule has 7 nitrogen and oxygen atoms in total. The summed E-state index contributed by atoms with van der Waals surface area (Å²) in [5.74, 6) is -3.01. The third-order valence-corrected chi connectivity index (χ3v) is 5.35. The number of aromatic hydroxyl groups is 2. The molecule has 1 aliphatic rings. The van der Waals surface area contributed by atoms with Crippen LogP contribution in [-0.2, 0) is 21.4 Å². The number of phenols is 2. The third-order valence-electron chi connectivity index (χ3n) is 5.35. The number of carbonyl (C=O) groups is 3. The van der Waals surface area contributed by atoms with Gasteiger partial charge in [0.15, 0.2) is 5.75 Å². The Balaban J connectivity index is 1.78. The highest BCUT2D eigenvalue weighted by Gasteiger charge is 2.39. The van der Waals surface area contributed by atoms with Crippen molar-refractivity contribution in [2.75, 3.05) is 5.32 Å². The highest BCUT2D eigenvalue weighted by Crippen LogP contribution is 2.39. The van der Waals surface area contributed by atoms with Crippen molar-refractivity contribution in [3.63, 3.8) is 0 Å². The van der Waals surface area contributed by atoms with Gasteiger partial charge in [0, 0.05) is 12.8 Å². The molecule has 28 heavy (non-hydrogen) atoms. The molecule has 0 saturated heterocycles. The summed E-state index contributed by atoms with van der Waals surface area (Å²) >= 11 is 0. The predicted molar refractivity (Wildman–Crippen MR) is 102 cm³/mol. The number of aromatic carboxylic acids is 1. The molecule has 4 N–H and O–H groups in total. The number of Topliss-reactive ketones (excluding diaryl/α,β-unsaturated/α-hetero) is 1. The molecule has 0 radical (unpaired) electrons. The number of carbonyl (C=O) groups excluding carboxylic acids is 2. The molecule has 1 aliphatic carbocycles. The van der Waals surface area contributed by atoms with Crippen LogP contribution in [0.25, 0.3) is 0 Å². The largest absolute Gasteiger partial charge is 0.506 e. The second-order valence-corrected chi connectivity index (χ2v) is 7.12. The number of fused-ring (bicyclic) bond motifs is 1. The van der Waals surface area contributed by atoms with Crippen LogP contribution in [0.15, 0.2) is 36.4 Å². The predicted octanol–water partition coefficient (Wildman–Crippen LogP) is 2.99. The van der Waals surface area contributed by atoms with Crippen molar-refractivity contribution in [2.24, 2.45) is 0 Å². The summed E-state index contributed by atoms with van der Waals surface area (Å²) in [6.45, 7) is 1.82. The van der Waals surface area contributed by atoms with Gasteiger partial charge in [0.25, 0.3) is 0 Å². The van der Waals surface area contributed by atoms with E-state index < -0.39 is 34.4 Å². The molecule has 0 spiro atoms. The van der Waals surface area contributed by atoms with Gasteiger partial charge in [0.2, 0.25) is 5.91 Å². The van der Waals surface area contributed by atoms with Crippen molar-refractivity contribution < 1.29 is 29.7 Å². The Morgan fingerprint density at radius 2 is 1.82 bits per heavy atom. The number of benzene rings is 2. The molecule has 3 rings (SSSR count). The van der Waals surface area contributed by atoms with E-state index in [4.69, 9.17) is 5.11 Å². The van der Waals surface area contributed by atoms with E-state index >= 15 is 0 Å². The molecule has 0 fully saturated rings. The smallest absolute Gasteiger partial charge is 0.339 e. The van der Waals surface area contributed by atoms with E-state index in [0.29, 0.717) is 12.8 Å². The van der Waals surface area contributed by atoms with Gasteiger partial charge in [-0.25, -0.2) is 4.79 Å². The molecule has 1 amide bonds. The Kier molecular flexibility index (Phi) is 5.09. The van der Waals surface area contributed by atoms with Crippen molar-refractivity contribution in [3.8, 4) is 11.5 Å². The first-order valence-corrected chi connectivity index (χ1v) is 8.94. The minimum atomic E-state index is -1.38. The molecule has 0 bridgehead atoms. The lowest BCUT2D eigenvalue weighted by Gasteiger charge is -2.34. The monoisotopic (exact) mass is 383 g/mol. The number of aryl methyl sites for hydroxylation is 1. The molecular formula is C21H21NO6. The highest BCUT2D eigenvalue weighted by atomic mass is 16.4. The van der Waals surface area contributed by atoms with Crippen LogP contribution in [0.5, 0.6) is 11.5 Å². The molecule has 2 aromatic carbocycles. The molecular weight excluding hydrogens is 362 g/mol. The number of rotatable bonds is 5. The zero-order valence-corrected chi connectivity index (χ0v) is 15.4. The average Bonchev–Trinajstić information content (AvgIpc) is 2.66. The fourth-order valence-electron chi connectivity index (χ4n) is 3.67. The van der Waals surface area contributed by atoms with Gasteiger partial charge in [-0.1, -0.05) is 24.3 Å². The van der Waals surface area contributed by atoms with Crippen molar-refractivity contribution in [3.05, 3.63) is 53.1 Å². The summed E-state index contributed by atoms with van der Waals surface area (Å²) in [7, 11) is 0. The number of hydrogen-bond donors (Lipinski definition) is 4. The van der Waals surface area contributed by atoms with Gasteiger partial charge in [0.1, 0.15) is 22.8 Å². The second-order valence-electron chi connectivity index (χ2n) is 7.12. The van der Waals surface area contributed by atoms with Crippen LogP contribution >= 0.6 is 0 Å². The summed E-state index contributed by atoms with van der Waals surface area (Å²) in [6, 6.07) is 9.79. The van der Waals surface area contributed by atoms with Gasteiger partial charge >= 0.3 is 5.97 Å². The Bertz CT molecular complexity index is 967. The maximum Gasteiger partial charge on any atom is 0.339 e. The van der Waals surface area contributed by atoms with E-state index in [2.05, 4.69) is 5.32 Å². The molecule has 146 valence electrons. The van der Waals surface area contributed by atoms with E-state index in [1.165, 1.54) is 0 Å². The molecule has 0 saturated carbocycles. The van der Waals surface area contributed by atoms with Crippen LogP contribution < -0.4 is 5.32 Å². The van der Waals surface area contributed by atoms with Crippen molar-refractivity contribution in [2.45, 2.75) is 38.0 Å². The number of phenolic OH excluding ortho intramolecular Hbond substituents is 1. The van der Waals surface area contributed by atoms with Crippen LogP contribution in [-0.4, -0.2) is 33.0 Å². The first-order valence-electron chi connectivity index (χ1n) is 8.94. The lowest BCUT2D eigenvalue weighted by molar-refractivity contribution is -0.125. The lowest BCUT2D eigenvalue weighted by Crippen LogP contribution is -2.38. The summed E-state index contributed by atoms with van der Waals surface area (Å²) in [5, 5.41) is 31.3. The van der Waals surface area contributed by atoms with E-state index in [-0.39, 0.29) is 24.3 Å². The van der Waals surface area contributed by atoms with Crippen molar-refractivity contribution >= 4 is 23.3 Å². The molecule has 7 heteroatoms. The maximum absolute atomic E-state index is 12.6. The highest BCUT2D eigenvalue weighted by molar-refractivity contribution is 6.00. The van der Waals surface area contributed by atoms with E-state index in [0.717, 1.165) is 23.3 Å². The number of hydrogen-bond acceptors (Lipinski definition) is 5. The molecule has 2 aromatic rings. The Morgan fingerprint density at radius 3 is 2.54 bits per heavy atom. The van der Waals surface area contributed by atoms with E-state index in [1.807, 2.05) is 31.2 Å². The lowest BCUT2D eigenvalue weighted by atomic mass is 9.68. The molecule has 0 aromatic heterocycles. The number of amides is 1. The number of carboxylic acids is 1. The zero-order valence-electron chi connectivity index (χ0n) is 15.4.